The highest BCUT2D eigenvalue weighted by molar-refractivity contribution is 6.35. The van der Waals surface area contributed by atoms with E-state index in [0.717, 1.165) is 19.3 Å². The molecule has 0 bridgehead atoms. The van der Waals surface area contributed by atoms with Crippen LogP contribution in [0.15, 0.2) is 18.2 Å². The molecular weight excluding hydrogens is 287 g/mol. The van der Waals surface area contributed by atoms with Crippen molar-refractivity contribution in [3.05, 3.63) is 28.2 Å². The lowest BCUT2D eigenvalue weighted by atomic mass is 9.94. The second-order valence-electron chi connectivity index (χ2n) is 4.74. The molecule has 3 N–H and O–H groups in total. The predicted molar refractivity (Wildman–Crippen MR) is 76.8 cm³/mol. The Morgan fingerprint density at radius 2 is 1.95 bits per heavy atom. The molecule has 1 aliphatic rings. The molecule has 2 unspecified atom stereocenters. The Bertz CT molecular complexity index is 448. The molecule has 1 amide bonds. The number of nitrogens with two attached hydrogens (primary N) is 1. The van der Waals surface area contributed by atoms with Gasteiger partial charge in [-0.05, 0) is 43.9 Å². The Balaban J connectivity index is 1.90. The molecular formula is C13H16Cl2N2O2. The van der Waals surface area contributed by atoms with E-state index in [-0.39, 0.29) is 12.1 Å². The van der Waals surface area contributed by atoms with Gasteiger partial charge in [0.1, 0.15) is 6.10 Å². The molecule has 6 heteroatoms. The quantitative estimate of drug-likeness (QED) is 0.873. The van der Waals surface area contributed by atoms with E-state index >= 15 is 0 Å². The molecule has 2 atom stereocenters. The van der Waals surface area contributed by atoms with Gasteiger partial charge >= 0.3 is 6.09 Å². The number of carbonyl (C=O) groups excluding carboxylic acids is 1. The summed E-state index contributed by atoms with van der Waals surface area (Å²) in [6.07, 6.45) is 2.94. The third-order valence-corrected chi connectivity index (χ3v) is 3.49. The van der Waals surface area contributed by atoms with Gasteiger partial charge in [-0.3, -0.25) is 5.32 Å². The van der Waals surface area contributed by atoms with Gasteiger partial charge in [-0.2, -0.15) is 0 Å². The minimum atomic E-state index is -0.502. The van der Waals surface area contributed by atoms with Crippen LogP contribution >= 0.6 is 23.2 Å². The van der Waals surface area contributed by atoms with Gasteiger partial charge in [-0.25, -0.2) is 4.79 Å². The van der Waals surface area contributed by atoms with E-state index in [4.69, 9.17) is 33.7 Å². The van der Waals surface area contributed by atoms with Crippen LogP contribution in [0.1, 0.15) is 25.7 Å². The number of rotatable bonds is 2. The highest BCUT2D eigenvalue weighted by Crippen LogP contribution is 2.24. The molecule has 1 saturated carbocycles. The van der Waals surface area contributed by atoms with Crippen molar-refractivity contribution in [2.45, 2.75) is 37.8 Å². The number of benzene rings is 1. The Hall–Kier alpha value is -0.970. The van der Waals surface area contributed by atoms with Crippen LogP contribution in [-0.2, 0) is 4.74 Å². The molecule has 0 heterocycles. The molecule has 1 fully saturated rings. The van der Waals surface area contributed by atoms with Crippen LogP contribution in [0.3, 0.4) is 0 Å². The summed E-state index contributed by atoms with van der Waals surface area (Å²) in [6, 6.07) is 4.94. The summed E-state index contributed by atoms with van der Waals surface area (Å²) < 4.78 is 5.33. The number of halogens is 2. The van der Waals surface area contributed by atoms with E-state index in [2.05, 4.69) is 5.32 Å². The first-order valence-electron chi connectivity index (χ1n) is 6.22. The maximum atomic E-state index is 11.7. The maximum absolute atomic E-state index is 11.7. The first-order valence-corrected chi connectivity index (χ1v) is 6.98. The van der Waals surface area contributed by atoms with Crippen LogP contribution in [0.4, 0.5) is 10.5 Å². The fraction of sp³-hybridized carbons (Fsp3) is 0.462. The topological polar surface area (TPSA) is 64.3 Å². The van der Waals surface area contributed by atoms with E-state index in [9.17, 15) is 4.79 Å². The fourth-order valence-electron chi connectivity index (χ4n) is 2.21. The van der Waals surface area contributed by atoms with Crippen LogP contribution in [0.25, 0.3) is 0 Å². The van der Waals surface area contributed by atoms with Crippen molar-refractivity contribution in [3.63, 3.8) is 0 Å². The van der Waals surface area contributed by atoms with Gasteiger partial charge in [0.15, 0.2) is 0 Å². The van der Waals surface area contributed by atoms with E-state index < -0.39 is 6.09 Å². The van der Waals surface area contributed by atoms with Crippen molar-refractivity contribution in [1.82, 2.24) is 0 Å². The molecule has 0 spiro atoms. The highest BCUT2D eigenvalue weighted by Gasteiger charge is 2.22. The van der Waals surface area contributed by atoms with Crippen LogP contribution in [0.2, 0.25) is 10.0 Å². The second kappa shape index (κ2) is 6.46. The number of ether oxygens (including phenoxy) is 1. The third-order valence-electron chi connectivity index (χ3n) is 3.05. The number of nitrogens with one attached hydrogen (secondary N) is 1. The van der Waals surface area contributed by atoms with Crippen molar-refractivity contribution < 1.29 is 9.53 Å². The smallest absolute Gasteiger partial charge is 0.411 e. The molecule has 2 rings (SSSR count). The average molecular weight is 303 g/mol. The van der Waals surface area contributed by atoms with Crippen molar-refractivity contribution >= 4 is 35.0 Å². The van der Waals surface area contributed by atoms with Crippen molar-refractivity contribution in [2.75, 3.05) is 5.32 Å². The maximum Gasteiger partial charge on any atom is 0.411 e. The fourth-order valence-corrected chi connectivity index (χ4v) is 2.74. The number of amides is 1. The van der Waals surface area contributed by atoms with Crippen molar-refractivity contribution in [2.24, 2.45) is 5.73 Å². The lowest BCUT2D eigenvalue weighted by molar-refractivity contribution is 0.0811. The Morgan fingerprint density at radius 3 is 2.58 bits per heavy atom. The monoisotopic (exact) mass is 302 g/mol. The van der Waals surface area contributed by atoms with Gasteiger partial charge in [0.25, 0.3) is 0 Å². The highest BCUT2D eigenvalue weighted by atomic mass is 35.5. The Kier molecular flexibility index (Phi) is 4.91. The molecule has 0 aromatic heterocycles. The van der Waals surface area contributed by atoms with Gasteiger partial charge in [-0.15, -0.1) is 0 Å². The van der Waals surface area contributed by atoms with Gasteiger partial charge in [0.05, 0.1) is 0 Å². The van der Waals surface area contributed by atoms with Crippen LogP contribution < -0.4 is 11.1 Å². The van der Waals surface area contributed by atoms with Gasteiger partial charge in [0.2, 0.25) is 0 Å². The Morgan fingerprint density at radius 1 is 1.26 bits per heavy atom. The standard InChI is InChI=1S/C13H16Cl2N2O2/c14-8-4-9(15)6-11(5-8)17-13(18)19-12-3-1-2-10(16)7-12/h4-6,10,12H,1-3,7,16H2,(H,17,18). The molecule has 0 aliphatic heterocycles. The van der Waals surface area contributed by atoms with E-state index in [1.54, 1.807) is 18.2 Å². The summed E-state index contributed by atoms with van der Waals surface area (Å²) in [5, 5.41) is 3.54. The number of hydrogen-bond donors (Lipinski definition) is 2. The van der Waals surface area contributed by atoms with Gasteiger partial charge in [-0.1, -0.05) is 23.2 Å². The molecule has 104 valence electrons. The van der Waals surface area contributed by atoms with Gasteiger partial charge < -0.3 is 10.5 Å². The molecule has 4 nitrogen and oxygen atoms in total. The SMILES string of the molecule is NC1CCCC(OC(=O)Nc2cc(Cl)cc(Cl)c2)C1. The molecule has 1 aromatic rings. The summed E-state index contributed by atoms with van der Waals surface area (Å²) in [6.45, 7) is 0. The zero-order valence-corrected chi connectivity index (χ0v) is 11.9. The van der Waals surface area contributed by atoms with Crippen LogP contribution in [-0.4, -0.2) is 18.2 Å². The second-order valence-corrected chi connectivity index (χ2v) is 5.61. The minimum Gasteiger partial charge on any atom is -0.446 e. The summed E-state index contributed by atoms with van der Waals surface area (Å²) >= 11 is 11.7. The lowest BCUT2D eigenvalue weighted by Crippen LogP contribution is -2.34. The number of anilines is 1. The Labute approximate surface area is 122 Å². The molecule has 1 aromatic carbocycles. The third kappa shape index (κ3) is 4.56. The summed E-state index contributed by atoms with van der Waals surface area (Å²) in [7, 11) is 0. The lowest BCUT2D eigenvalue weighted by Gasteiger charge is -2.26. The first kappa shape index (κ1) is 14.4. The van der Waals surface area contributed by atoms with Gasteiger partial charge in [0, 0.05) is 21.8 Å². The van der Waals surface area contributed by atoms with Crippen LogP contribution in [0, 0.1) is 0 Å². The number of hydrogen-bond acceptors (Lipinski definition) is 3. The first-order chi connectivity index (χ1) is 9.02. The predicted octanol–water partition coefficient (Wildman–Crippen LogP) is 3.81. The largest absolute Gasteiger partial charge is 0.446 e. The normalized spacial score (nSPS) is 22.9. The van der Waals surface area contributed by atoms with Crippen molar-refractivity contribution in [1.29, 1.82) is 0 Å². The minimum absolute atomic E-state index is 0.113. The van der Waals surface area contributed by atoms with Crippen LogP contribution in [0.5, 0.6) is 0 Å². The average Bonchev–Trinajstić information content (AvgIpc) is 2.26. The molecule has 1 aliphatic carbocycles. The van der Waals surface area contributed by atoms with Crippen molar-refractivity contribution in [3.8, 4) is 0 Å². The summed E-state index contributed by atoms with van der Waals surface area (Å²) in [4.78, 5) is 11.7. The zero-order valence-electron chi connectivity index (χ0n) is 10.4. The summed E-state index contributed by atoms with van der Waals surface area (Å²) in [5.41, 5.74) is 6.36. The zero-order chi connectivity index (χ0) is 13.8. The van der Waals surface area contributed by atoms with E-state index in [1.165, 1.54) is 0 Å². The molecule has 0 saturated heterocycles. The number of carbonyl (C=O) groups is 1. The molecule has 0 radical (unpaired) electrons. The summed E-state index contributed by atoms with van der Waals surface area (Å²) in [5.74, 6) is 0. The van der Waals surface area contributed by atoms with E-state index in [1.807, 2.05) is 0 Å². The van der Waals surface area contributed by atoms with E-state index in [0.29, 0.717) is 22.2 Å². The molecule has 19 heavy (non-hydrogen) atoms.